The minimum absolute atomic E-state index is 0.0125. The molecule has 0 bridgehead atoms. The van der Waals surface area contributed by atoms with Crippen molar-refractivity contribution in [3.05, 3.63) is 94.8 Å². The predicted octanol–water partition coefficient (Wildman–Crippen LogP) is 2.03. The lowest BCUT2D eigenvalue weighted by molar-refractivity contribution is -0.122. The summed E-state index contributed by atoms with van der Waals surface area (Å²) in [5.41, 5.74) is 5.23. The molecule has 0 saturated heterocycles. The van der Waals surface area contributed by atoms with Gasteiger partial charge in [-0.15, -0.1) is 0 Å². The summed E-state index contributed by atoms with van der Waals surface area (Å²) in [5.74, 6) is -0.0677. The number of aromatic nitrogens is 2. The van der Waals surface area contributed by atoms with Gasteiger partial charge in [-0.2, -0.15) is 0 Å². The van der Waals surface area contributed by atoms with Crippen LogP contribution < -0.4 is 21.1 Å². The Hall–Kier alpha value is -4.40. The minimum atomic E-state index is -0.633. The Morgan fingerprint density at radius 1 is 0.968 bits per heavy atom. The summed E-state index contributed by atoms with van der Waals surface area (Å²) in [4.78, 5) is 40.6. The SMILES string of the molecule is O=C(Cn1c(=O)cnc2ccccc21)NNC(=O)c1ccc(COc2ccccc2)o1. The zero-order chi connectivity index (χ0) is 21.6. The number of ether oxygens (including phenoxy) is 1. The lowest BCUT2D eigenvalue weighted by Crippen LogP contribution is -2.44. The van der Waals surface area contributed by atoms with Gasteiger partial charge in [0.2, 0.25) is 0 Å². The lowest BCUT2D eigenvalue weighted by atomic mass is 10.3. The third-order valence-electron chi connectivity index (χ3n) is 4.38. The maximum absolute atomic E-state index is 12.3. The van der Waals surface area contributed by atoms with Gasteiger partial charge < -0.3 is 9.15 Å². The first kappa shape index (κ1) is 19.9. The number of para-hydroxylation sites is 3. The molecule has 2 heterocycles. The van der Waals surface area contributed by atoms with Gasteiger partial charge in [-0.05, 0) is 36.4 Å². The van der Waals surface area contributed by atoms with Crippen molar-refractivity contribution in [2.75, 3.05) is 0 Å². The van der Waals surface area contributed by atoms with Gasteiger partial charge in [-0.1, -0.05) is 30.3 Å². The zero-order valence-corrected chi connectivity index (χ0v) is 16.3. The monoisotopic (exact) mass is 418 g/mol. The Morgan fingerprint density at radius 2 is 1.74 bits per heavy atom. The van der Waals surface area contributed by atoms with Gasteiger partial charge in [0, 0.05) is 0 Å². The molecule has 2 aromatic heterocycles. The summed E-state index contributed by atoms with van der Waals surface area (Å²) in [6, 6.07) is 19.2. The van der Waals surface area contributed by atoms with Crippen LogP contribution in [0.15, 0.2) is 82.1 Å². The number of hydrogen-bond acceptors (Lipinski definition) is 6. The van der Waals surface area contributed by atoms with Crippen molar-refractivity contribution >= 4 is 22.8 Å². The second-order valence-corrected chi connectivity index (χ2v) is 6.54. The molecular formula is C22H18N4O5. The van der Waals surface area contributed by atoms with Crippen LogP contribution in [0.5, 0.6) is 5.75 Å². The molecule has 0 aliphatic heterocycles. The summed E-state index contributed by atoms with van der Waals surface area (Å²) < 4.78 is 12.3. The van der Waals surface area contributed by atoms with Crippen LogP contribution in [0.1, 0.15) is 16.3 Å². The van der Waals surface area contributed by atoms with E-state index in [4.69, 9.17) is 9.15 Å². The van der Waals surface area contributed by atoms with E-state index in [0.717, 1.165) is 6.20 Å². The number of amides is 2. The number of hydrazine groups is 1. The van der Waals surface area contributed by atoms with Crippen molar-refractivity contribution in [3.63, 3.8) is 0 Å². The molecule has 0 saturated carbocycles. The summed E-state index contributed by atoms with van der Waals surface area (Å²) in [7, 11) is 0. The van der Waals surface area contributed by atoms with Gasteiger partial charge in [-0.3, -0.25) is 29.8 Å². The molecule has 2 amide bonds. The predicted molar refractivity (Wildman–Crippen MR) is 111 cm³/mol. The normalized spacial score (nSPS) is 10.6. The van der Waals surface area contributed by atoms with Crippen LogP contribution in [0.3, 0.4) is 0 Å². The molecule has 2 N–H and O–H groups in total. The molecule has 2 aromatic carbocycles. The highest BCUT2D eigenvalue weighted by Gasteiger charge is 2.14. The number of carbonyl (C=O) groups excluding carboxylic acids is 2. The number of nitrogens with one attached hydrogen (secondary N) is 2. The molecule has 0 radical (unpaired) electrons. The highest BCUT2D eigenvalue weighted by molar-refractivity contribution is 5.93. The van der Waals surface area contributed by atoms with Crippen LogP contribution in [-0.4, -0.2) is 21.4 Å². The third-order valence-corrected chi connectivity index (χ3v) is 4.38. The number of benzene rings is 2. The highest BCUT2D eigenvalue weighted by atomic mass is 16.5. The van der Waals surface area contributed by atoms with E-state index < -0.39 is 17.4 Å². The van der Waals surface area contributed by atoms with E-state index in [1.54, 1.807) is 30.3 Å². The van der Waals surface area contributed by atoms with E-state index in [0.29, 0.717) is 22.5 Å². The molecule has 4 aromatic rings. The second kappa shape index (κ2) is 8.95. The van der Waals surface area contributed by atoms with Gasteiger partial charge >= 0.3 is 5.91 Å². The Kier molecular flexibility index (Phi) is 5.75. The summed E-state index contributed by atoms with van der Waals surface area (Å²) in [5, 5.41) is 0. The molecule has 0 spiro atoms. The smallest absolute Gasteiger partial charge is 0.305 e. The van der Waals surface area contributed by atoms with Gasteiger partial charge in [0.1, 0.15) is 24.7 Å². The Bertz CT molecular complexity index is 1280. The Morgan fingerprint density at radius 3 is 2.58 bits per heavy atom. The van der Waals surface area contributed by atoms with Gasteiger partial charge in [0.05, 0.1) is 17.2 Å². The van der Waals surface area contributed by atoms with Crippen LogP contribution in [0.4, 0.5) is 0 Å². The first-order chi connectivity index (χ1) is 15.1. The maximum Gasteiger partial charge on any atom is 0.305 e. The van der Waals surface area contributed by atoms with Crippen LogP contribution >= 0.6 is 0 Å². The van der Waals surface area contributed by atoms with Crippen molar-refractivity contribution in [2.24, 2.45) is 0 Å². The lowest BCUT2D eigenvalue weighted by Gasteiger charge is -2.10. The second-order valence-electron chi connectivity index (χ2n) is 6.54. The number of fused-ring (bicyclic) bond motifs is 1. The number of carbonyl (C=O) groups is 2. The number of hydrogen-bond donors (Lipinski definition) is 2. The van der Waals surface area contributed by atoms with Crippen molar-refractivity contribution in [2.45, 2.75) is 13.2 Å². The fourth-order valence-corrected chi connectivity index (χ4v) is 2.90. The fourth-order valence-electron chi connectivity index (χ4n) is 2.90. The van der Waals surface area contributed by atoms with Crippen LogP contribution in [0.2, 0.25) is 0 Å². The largest absolute Gasteiger partial charge is 0.486 e. The van der Waals surface area contributed by atoms with E-state index in [1.165, 1.54) is 10.6 Å². The molecule has 31 heavy (non-hydrogen) atoms. The van der Waals surface area contributed by atoms with Crippen molar-refractivity contribution < 1.29 is 18.7 Å². The average molecular weight is 418 g/mol. The first-order valence-corrected chi connectivity index (χ1v) is 9.40. The topological polar surface area (TPSA) is 115 Å². The van der Waals surface area contributed by atoms with Gasteiger partial charge in [-0.25, -0.2) is 4.98 Å². The molecule has 9 heteroatoms. The van der Waals surface area contributed by atoms with Gasteiger partial charge in [0.25, 0.3) is 11.5 Å². The van der Waals surface area contributed by atoms with Crippen molar-refractivity contribution in [3.8, 4) is 5.75 Å². The highest BCUT2D eigenvalue weighted by Crippen LogP contribution is 2.14. The van der Waals surface area contributed by atoms with E-state index in [9.17, 15) is 14.4 Å². The molecule has 156 valence electrons. The Balaban J connectivity index is 1.33. The average Bonchev–Trinajstić information content (AvgIpc) is 3.28. The summed E-state index contributed by atoms with van der Waals surface area (Å²) in [6.45, 7) is -0.127. The molecular weight excluding hydrogens is 400 g/mol. The third kappa shape index (κ3) is 4.78. The fraction of sp³-hybridized carbons (Fsp3) is 0.0909. The standard InChI is InChI=1S/C22H18N4O5/c27-20(13-26-18-9-5-4-8-17(18)23-12-21(26)28)24-25-22(29)19-11-10-16(31-19)14-30-15-6-2-1-3-7-15/h1-12H,13-14H2,(H,24,27)(H,25,29). The van der Waals surface area contributed by atoms with Crippen molar-refractivity contribution in [1.82, 2.24) is 20.4 Å². The van der Waals surface area contributed by atoms with E-state index in [2.05, 4.69) is 15.8 Å². The Labute approximate surface area is 176 Å². The number of rotatable bonds is 6. The molecule has 0 unspecified atom stereocenters. The number of furan rings is 1. The van der Waals surface area contributed by atoms with Crippen molar-refractivity contribution in [1.29, 1.82) is 0 Å². The van der Waals surface area contributed by atoms with Crippen LogP contribution in [-0.2, 0) is 17.9 Å². The summed E-state index contributed by atoms with van der Waals surface area (Å²) in [6.07, 6.45) is 1.15. The van der Waals surface area contributed by atoms with E-state index in [1.807, 2.05) is 30.3 Å². The maximum atomic E-state index is 12.3. The summed E-state index contributed by atoms with van der Waals surface area (Å²) >= 11 is 0. The first-order valence-electron chi connectivity index (χ1n) is 9.40. The molecule has 0 aliphatic rings. The minimum Gasteiger partial charge on any atom is -0.486 e. The molecule has 9 nitrogen and oxygen atoms in total. The van der Waals surface area contributed by atoms with E-state index in [-0.39, 0.29) is 18.9 Å². The van der Waals surface area contributed by atoms with Crippen LogP contribution in [0.25, 0.3) is 11.0 Å². The number of nitrogens with zero attached hydrogens (tertiary/aromatic N) is 2. The van der Waals surface area contributed by atoms with E-state index >= 15 is 0 Å². The molecule has 0 fully saturated rings. The van der Waals surface area contributed by atoms with Crippen LogP contribution in [0, 0.1) is 0 Å². The zero-order valence-electron chi connectivity index (χ0n) is 16.3. The molecule has 0 atom stereocenters. The molecule has 4 rings (SSSR count). The van der Waals surface area contributed by atoms with Gasteiger partial charge in [0.15, 0.2) is 5.76 Å². The molecule has 0 aliphatic carbocycles. The quantitative estimate of drug-likeness (QED) is 0.463.